The monoisotopic (exact) mass is 516 g/mol. The summed E-state index contributed by atoms with van der Waals surface area (Å²) < 4.78 is 12.7. The van der Waals surface area contributed by atoms with Crippen LogP contribution in [0.1, 0.15) is 0 Å². The molecule has 1 aliphatic rings. The van der Waals surface area contributed by atoms with E-state index in [1.165, 1.54) is 53.4 Å². The predicted molar refractivity (Wildman–Crippen MR) is 163 cm³/mol. The average molecular weight is 517 g/mol. The third-order valence-corrected chi connectivity index (χ3v) is 9.05. The molecule has 0 N–H and O–H groups in total. The molecule has 39 heavy (non-hydrogen) atoms. The van der Waals surface area contributed by atoms with Crippen molar-refractivity contribution in [3.63, 3.8) is 0 Å². The summed E-state index contributed by atoms with van der Waals surface area (Å²) in [5.41, 5.74) is 6.65. The van der Waals surface area contributed by atoms with Gasteiger partial charge in [-0.3, -0.25) is 0 Å². The topological polar surface area (TPSA) is 22.4 Å². The maximum absolute atomic E-state index is 6.34. The van der Waals surface area contributed by atoms with E-state index in [0.29, 0.717) is 0 Å². The van der Waals surface area contributed by atoms with E-state index in [9.17, 15) is 0 Å². The molecule has 0 bridgehead atoms. The number of thiophene rings is 1. The number of benzene rings is 6. The number of rotatable bonds is 2. The molecule has 2 aromatic heterocycles. The van der Waals surface area contributed by atoms with Gasteiger partial charge in [-0.15, -0.1) is 11.3 Å². The van der Waals surface area contributed by atoms with E-state index in [-0.39, 0.29) is 0 Å². The van der Waals surface area contributed by atoms with Gasteiger partial charge in [0.2, 0.25) is 0 Å². The van der Waals surface area contributed by atoms with Crippen LogP contribution in [0.3, 0.4) is 0 Å². The van der Waals surface area contributed by atoms with Gasteiger partial charge in [-0.2, -0.15) is 0 Å². The van der Waals surface area contributed by atoms with Gasteiger partial charge in [0.25, 0.3) is 0 Å². The second-order valence-corrected chi connectivity index (χ2v) is 11.2. The maximum atomic E-state index is 6.34. The van der Waals surface area contributed by atoms with E-state index in [1.807, 2.05) is 23.5 Å². The molecule has 1 aliphatic heterocycles. The lowest BCUT2D eigenvalue weighted by atomic mass is 9.92. The van der Waals surface area contributed by atoms with Crippen LogP contribution in [0.2, 0.25) is 0 Å². The van der Waals surface area contributed by atoms with Crippen LogP contribution in [-0.2, 0) is 0 Å². The standard InChI is InChI=1S/C36H20O2S/c1-2-8-22-20-32-28(19-21(22)7-1)36-27(12-6-14-30(36)38-32)34-18-17-33(39-34)24-15-16-31-35-25(10-5-11-26(24)35)23-9-3-4-13-29(23)37-31/h1-20H. The van der Waals surface area contributed by atoms with Gasteiger partial charge in [-0.05, 0) is 75.8 Å². The lowest BCUT2D eigenvalue weighted by Gasteiger charge is -2.22. The van der Waals surface area contributed by atoms with Crippen molar-refractivity contribution in [2.24, 2.45) is 0 Å². The predicted octanol–water partition coefficient (Wildman–Crippen LogP) is 11.1. The highest BCUT2D eigenvalue weighted by atomic mass is 32.1. The van der Waals surface area contributed by atoms with Crippen LogP contribution in [0.5, 0.6) is 11.5 Å². The minimum atomic E-state index is 0.914. The average Bonchev–Trinajstić information content (AvgIpc) is 3.61. The fraction of sp³-hybridized carbons (Fsp3) is 0. The van der Waals surface area contributed by atoms with Gasteiger partial charge in [-0.25, -0.2) is 0 Å². The zero-order valence-corrected chi connectivity index (χ0v) is 21.6. The van der Waals surface area contributed by atoms with Crippen molar-refractivity contribution in [3.8, 4) is 43.5 Å². The lowest BCUT2D eigenvalue weighted by Crippen LogP contribution is -1.97. The Morgan fingerprint density at radius 3 is 2.10 bits per heavy atom. The minimum absolute atomic E-state index is 0.914. The first-order valence-electron chi connectivity index (χ1n) is 13.1. The molecule has 8 aromatic rings. The number of hydrogen-bond donors (Lipinski definition) is 0. The van der Waals surface area contributed by atoms with Crippen LogP contribution in [0, 0.1) is 0 Å². The molecule has 0 spiro atoms. The van der Waals surface area contributed by atoms with E-state index in [0.717, 1.165) is 33.6 Å². The van der Waals surface area contributed by atoms with Crippen LogP contribution in [0.4, 0.5) is 0 Å². The molecule has 9 rings (SSSR count). The summed E-state index contributed by atoms with van der Waals surface area (Å²) in [5.74, 6) is 1.83. The second-order valence-electron chi connectivity index (χ2n) is 10.1. The molecule has 0 aliphatic carbocycles. The number of ether oxygens (including phenoxy) is 1. The third-order valence-electron chi connectivity index (χ3n) is 7.90. The Kier molecular flexibility index (Phi) is 4.24. The molecule has 182 valence electrons. The highest BCUT2D eigenvalue weighted by Gasteiger charge is 2.22. The zero-order chi connectivity index (χ0) is 25.5. The SMILES string of the molecule is c1ccc2c(c1)Oc1ccc(-c3ccc(-c4cccc5oc6cc7ccccc7cc6c45)s3)c3cccc-2c13. The summed E-state index contributed by atoms with van der Waals surface area (Å²) in [6.45, 7) is 0. The van der Waals surface area contributed by atoms with Crippen molar-refractivity contribution in [2.45, 2.75) is 0 Å². The molecular formula is C36H20O2S. The van der Waals surface area contributed by atoms with Gasteiger partial charge in [0, 0.05) is 37.0 Å². The number of para-hydroxylation sites is 1. The Morgan fingerprint density at radius 1 is 0.436 bits per heavy atom. The first kappa shape index (κ1) is 21.1. The maximum Gasteiger partial charge on any atom is 0.136 e. The molecule has 0 radical (unpaired) electrons. The van der Waals surface area contributed by atoms with E-state index in [4.69, 9.17) is 9.15 Å². The fourth-order valence-corrected chi connectivity index (χ4v) is 7.22. The van der Waals surface area contributed by atoms with Gasteiger partial charge in [0.05, 0.1) is 0 Å². The van der Waals surface area contributed by atoms with Crippen LogP contribution in [0.15, 0.2) is 126 Å². The molecular weight excluding hydrogens is 496 g/mol. The Labute approximate surface area is 228 Å². The molecule has 3 heterocycles. The Hall–Kier alpha value is -4.86. The molecule has 0 unspecified atom stereocenters. The molecule has 0 saturated carbocycles. The number of hydrogen-bond acceptors (Lipinski definition) is 3. The van der Waals surface area contributed by atoms with Crippen molar-refractivity contribution < 1.29 is 9.15 Å². The highest BCUT2D eigenvalue weighted by molar-refractivity contribution is 7.19. The molecule has 0 amide bonds. The molecule has 0 atom stereocenters. The summed E-state index contributed by atoms with van der Waals surface area (Å²) in [7, 11) is 0. The normalized spacial score (nSPS) is 12.3. The molecule has 6 aromatic carbocycles. The summed E-state index contributed by atoms with van der Waals surface area (Å²) in [6, 6.07) is 42.9. The van der Waals surface area contributed by atoms with Gasteiger partial charge >= 0.3 is 0 Å². The smallest absolute Gasteiger partial charge is 0.136 e. The van der Waals surface area contributed by atoms with Gasteiger partial charge in [0.15, 0.2) is 0 Å². The Balaban J connectivity index is 1.23. The van der Waals surface area contributed by atoms with Crippen molar-refractivity contribution in [1.29, 1.82) is 0 Å². The van der Waals surface area contributed by atoms with Crippen LogP contribution < -0.4 is 4.74 Å². The zero-order valence-electron chi connectivity index (χ0n) is 20.8. The Bertz CT molecular complexity index is 2270. The summed E-state index contributed by atoms with van der Waals surface area (Å²) >= 11 is 1.82. The first-order chi connectivity index (χ1) is 19.3. The minimum Gasteiger partial charge on any atom is -0.456 e. The first-order valence-corrected chi connectivity index (χ1v) is 13.9. The van der Waals surface area contributed by atoms with E-state index < -0.39 is 0 Å². The summed E-state index contributed by atoms with van der Waals surface area (Å²) in [5, 5.41) is 7.14. The van der Waals surface area contributed by atoms with Gasteiger partial charge in [0.1, 0.15) is 22.7 Å². The summed E-state index contributed by atoms with van der Waals surface area (Å²) in [4.78, 5) is 2.47. The highest BCUT2D eigenvalue weighted by Crippen LogP contribution is 2.50. The van der Waals surface area contributed by atoms with Crippen molar-refractivity contribution in [1.82, 2.24) is 0 Å². The number of furan rings is 1. The second kappa shape index (κ2) is 7.83. The van der Waals surface area contributed by atoms with Gasteiger partial charge < -0.3 is 9.15 Å². The fourth-order valence-electron chi connectivity index (χ4n) is 6.14. The quantitative estimate of drug-likeness (QED) is 0.228. The van der Waals surface area contributed by atoms with Crippen molar-refractivity contribution >= 4 is 54.8 Å². The summed E-state index contributed by atoms with van der Waals surface area (Å²) in [6.07, 6.45) is 0. The van der Waals surface area contributed by atoms with E-state index >= 15 is 0 Å². The molecule has 0 fully saturated rings. The molecule has 2 nitrogen and oxygen atoms in total. The molecule has 0 saturated heterocycles. The van der Waals surface area contributed by atoms with Crippen LogP contribution >= 0.6 is 11.3 Å². The van der Waals surface area contributed by atoms with Crippen LogP contribution in [-0.4, -0.2) is 0 Å². The number of fused-ring (bicyclic) bond motifs is 6. The third kappa shape index (κ3) is 3.02. The molecule has 3 heteroatoms. The van der Waals surface area contributed by atoms with E-state index in [2.05, 4.69) is 109 Å². The Morgan fingerprint density at radius 2 is 1.18 bits per heavy atom. The van der Waals surface area contributed by atoms with Gasteiger partial charge in [-0.1, -0.05) is 72.8 Å². The van der Waals surface area contributed by atoms with Crippen molar-refractivity contribution in [3.05, 3.63) is 121 Å². The van der Waals surface area contributed by atoms with Crippen LogP contribution in [0.25, 0.3) is 75.5 Å². The van der Waals surface area contributed by atoms with Crippen molar-refractivity contribution in [2.75, 3.05) is 0 Å². The van der Waals surface area contributed by atoms with E-state index in [1.54, 1.807) is 0 Å². The largest absolute Gasteiger partial charge is 0.456 e. The lowest BCUT2D eigenvalue weighted by molar-refractivity contribution is 0.487.